The predicted molar refractivity (Wildman–Crippen MR) is 125 cm³/mol. The molecule has 2 N–H and O–H groups in total. The van der Waals surface area contributed by atoms with Crippen molar-refractivity contribution < 1.29 is 14.3 Å². The van der Waals surface area contributed by atoms with Crippen LogP contribution in [0.2, 0.25) is 0 Å². The van der Waals surface area contributed by atoms with E-state index in [2.05, 4.69) is 45.7 Å². The topological polar surface area (TPSA) is 73.9 Å². The van der Waals surface area contributed by atoms with E-state index in [0.29, 0.717) is 26.2 Å². The molecule has 32 heavy (non-hydrogen) atoms. The molecule has 170 valence electrons. The fourth-order valence-electron chi connectivity index (χ4n) is 4.44. The van der Waals surface area contributed by atoms with Crippen molar-refractivity contribution in [2.24, 2.45) is 0 Å². The number of nitrogens with zero attached hydrogens (tertiary/aromatic N) is 2. The Morgan fingerprint density at radius 3 is 2.72 bits per heavy atom. The molecule has 2 aliphatic rings. The number of anilines is 1. The van der Waals surface area contributed by atoms with Crippen molar-refractivity contribution >= 4 is 17.5 Å². The molecule has 0 aromatic heterocycles. The fraction of sp³-hybridized carbons (Fsp3) is 0.440. The number of hydrogen-bond acceptors (Lipinski definition) is 5. The molecule has 7 heteroatoms. The maximum absolute atomic E-state index is 12.7. The van der Waals surface area contributed by atoms with Crippen molar-refractivity contribution in [2.75, 3.05) is 38.2 Å². The minimum absolute atomic E-state index is 0.0853. The molecular weight excluding hydrogens is 404 g/mol. The molecule has 2 heterocycles. The van der Waals surface area contributed by atoms with Crippen LogP contribution in [0.5, 0.6) is 5.75 Å². The lowest BCUT2D eigenvalue weighted by molar-refractivity contribution is -0.134. The molecule has 2 aromatic carbocycles. The number of hydrogen-bond donors (Lipinski definition) is 2. The highest BCUT2D eigenvalue weighted by Crippen LogP contribution is 2.27. The first-order chi connectivity index (χ1) is 15.5. The van der Waals surface area contributed by atoms with E-state index in [9.17, 15) is 9.59 Å². The Hall–Kier alpha value is -3.06. The average Bonchev–Trinajstić information content (AvgIpc) is 3.16. The van der Waals surface area contributed by atoms with Crippen LogP contribution in [0.3, 0.4) is 0 Å². The Morgan fingerprint density at radius 2 is 1.94 bits per heavy atom. The second-order valence-corrected chi connectivity index (χ2v) is 8.47. The van der Waals surface area contributed by atoms with Crippen molar-refractivity contribution in [3.8, 4) is 5.75 Å². The Morgan fingerprint density at radius 1 is 1.16 bits per heavy atom. The lowest BCUT2D eigenvalue weighted by atomic mass is 10.1. The van der Waals surface area contributed by atoms with E-state index in [4.69, 9.17) is 4.74 Å². The second kappa shape index (κ2) is 10.0. The van der Waals surface area contributed by atoms with Gasteiger partial charge in [0, 0.05) is 45.5 Å². The van der Waals surface area contributed by atoms with E-state index >= 15 is 0 Å². The van der Waals surface area contributed by atoms with Crippen LogP contribution >= 0.6 is 0 Å². The van der Waals surface area contributed by atoms with E-state index < -0.39 is 6.04 Å². The van der Waals surface area contributed by atoms with Crippen LogP contribution in [0.15, 0.2) is 42.5 Å². The molecular formula is C25H32N4O3. The first-order valence-corrected chi connectivity index (χ1v) is 11.4. The van der Waals surface area contributed by atoms with Crippen LogP contribution in [0.1, 0.15) is 30.0 Å². The summed E-state index contributed by atoms with van der Waals surface area (Å²) in [7, 11) is 2.10. The number of rotatable bonds is 8. The van der Waals surface area contributed by atoms with Crippen LogP contribution in [0, 0.1) is 0 Å². The molecule has 4 rings (SSSR count). The van der Waals surface area contributed by atoms with Gasteiger partial charge in [0.1, 0.15) is 5.75 Å². The number of piperazine rings is 1. The summed E-state index contributed by atoms with van der Waals surface area (Å²) in [6.07, 6.45) is 1.19. The summed E-state index contributed by atoms with van der Waals surface area (Å²) in [5.41, 5.74) is 4.78. The third-order valence-corrected chi connectivity index (χ3v) is 6.20. The second-order valence-electron chi connectivity index (χ2n) is 8.47. The number of ether oxygens (including phenoxy) is 1. The number of likely N-dealkylation sites (N-methyl/N-ethyl adjacent to an activating group) is 1. The smallest absolute Gasteiger partial charge is 0.237 e. The molecule has 7 nitrogen and oxygen atoms in total. The van der Waals surface area contributed by atoms with Gasteiger partial charge in [0.05, 0.1) is 19.1 Å². The van der Waals surface area contributed by atoms with Crippen LogP contribution in [0.4, 0.5) is 5.69 Å². The molecule has 1 atom stereocenters. The number of carbonyl (C=O) groups excluding carboxylic acids is 2. The molecule has 0 unspecified atom stereocenters. The van der Waals surface area contributed by atoms with Gasteiger partial charge in [0.15, 0.2) is 0 Å². The van der Waals surface area contributed by atoms with Gasteiger partial charge in [0.25, 0.3) is 0 Å². The van der Waals surface area contributed by atoms with E-state index in [1.54, 1.807) is 0 Å². The normalized spacial score (nSPS) is 18.2. The van der Waals surface area contributed by atoms with Crippen molar-refractivity contribution in [2.45, 2.75) is 38.9 Å². The third kappa shape index (κ3) is 5.22. The lowest BCUT2D eigenvalue weighted by Crippen LogP contribution is -2.56. The van der Waals surface area contributed by atoms with Gasteiger partial charge in [-0.05, 0) is 48.2 Å². The van der Waals surface area contributed by atoms with E-state index in [1.165, 1.54) is 11.3 Å². The Balaban J connectivity index is 1.34. The predicted octanol–water partition coefficient (Wildman–Crippen LogP) is 2.08. The molecule has 0 saturated carbocycles. The largest absolute Gasteiger partial charge is 0.494 e. The molecule has 0 spiro atoms. The zero-order chi connectivity index (χ0) is 22.5. The number of carbonyl (C=O) groups is 2. The Labute approximate surface area is 189 Å². The van der Waals surface area contributed by atoms with Crippen LogP contribution in [-0.4, -0.2) is 56.0 Å². The summed E-state index contributed by atoms with van der Waals surface area (Å²) in [5.74, 6) is 0.640. The van der Waals surface area contributed by atoms with Gasteiger partial charge in [-0.3, -0.25) is 14.5 Å². The van der Waals surface area contributed by atoms with Gasteiger partial charge in [-0.2, -0.15) is 0 Å². The van der Waals surface area contributed by atoms with Crippen molar-refractivity contribution in [3.63, 3.8) is 0 Å². The van der Waals surface area contributed by atoms with E-state index in [1.807, 2.05) is 31.2 Å². The highest BCUT2D eigenvalue weighted by Gasteiger charge is 2.31. The third-order valence-electron chi connectivity index (χ3n) is 6.20. The van der Waals surface area contributed by atoms with Crippen LogP contribution < -0.4 is 20.3 Å². The minimum atomic E-state index is -0.469. The number of fused-ring (bicyclic) bond motifs is 1. The summed E-state index contributed by atoms with van der Waals surface area (Å²) >= 11 is 0. The molecule has 2 aliphatic heterocycles. The van der Waals surface area contributed by atoms with Gasteiger partial charge in [0.2, 0.25) is 11.8 Å². The molecule has 1 fully saturated rings. The quantitative estimate of drug-likeness (QED) is 0.663. The van der Waals surface area contributed by atoms with Gasteiger partial charge in [-0.25, -0.2) is 0 Å². The van der Waals surface area contributed by atoms with Gasteiger partial charge >= 0.3 is 0 Å². The van der Waals surface area contributed by atoms with E-state index in [-0.39, 0.29) is 18.2 Å². The standard InChI is InChI=1S/C25H32N4O3/c1-3-32-21-7-4-18(5-8-21)17-29-13-11-26-25(31)23(29)15-24(30)27-16-19-6-9-22-20(14-19)10-12-28(22)2/h4-9,14,23H,3,10-13,15-17H2,1-2H3,(H,26,31)(H,27,30)/t23-/m0/s1. The van der Waals surface area contributed by atoms with Crippen LogP contribution in [0.25, 0.3) is 0 Å². The van der Waals surface area contributed by atoms with Gasteiger partial charge in [-0.15, -0.1) is 0 Å². The van der Waals surface area contributed by atoms with Crippen molar-refractivity contribution in [3.05, 3.63) is 59.2 Å². The minimum Gasteiger partial charge on any atom is -0.494 e. The molecule has 0 bridgehead atoms. The van der Waals surface area contributed by atoms with Crippen LogP contribution in [-0.2, 0) is 29.1 Å². The number of benzene rings is 2. The zero-order valence-electron chi connectivity index (χ0n) is 18.9. The summed E-state index contributed by atoms with van der Waals surface area (Å²) in [6, 6.07) is 13.8. The van der Waals surface area contributed by atoms with Gasteiger partial charge < -0.3 is 20.3 Å². The Kier molecular flexibility index (Phi) is 6.95. The maximum Gasteiger partial charge on any atom is 0.237 e. The zero-order valence-corrected chi connectivity index (χ0v) is 18.9. The first kappa shape index (κ1) is 22.1. The highest BCUT2D eigenvalue weighted by atomic mass is 16.5. The maximum atomic E-state index is 12.7. The summed E-state index contributed by atoms with van der Waals surface area (Å²) in [4.78, 5) is 29.6. The molecule has 2 aromatic rings. The number of amides is 2. The summed E-state index contributed by atoms with van der Waals surface area (Å²) < 4.78 is 5.50. The monoisotopic (exact) mass is 436 g/mol. The molecule has 0 aliphatic carbocycles. The summed E-state index contributed by atoms with van der Waals surface area (Å²) in [6.45, 7) is 6.03. The van der Waals surface area contributed by atoms with Gasteiger partial charge in [-0.1, -0.05) is 24.3 Å². The highest BCUT2D eigenvalue weighted by molar-refractivity contribution is 5.88. The number of nitrogens with one attached hydrogen (secondary N) is 2. The van der Waals surface area contributed by atoms with Crippen molar-refractivity contribution in [1.29, 1.82) is 0 Å². The average molecular weight is 437 g/mol. The lowest BCUT2D eigenvalue weighted by Gasteiger charge is -2.34. The Bertz CT molecular complexity index is 960. The molecule has 1 saturated heterocycles. The fourth-order valence-corrected chi connectivity index (χ4v) is 4.44. The molecule has 0 radical (unpaired) electrons. The first-order valence-electron chi connectivity index (χ1n) is 11.4. The van der Waals surface area contributed by atoms with Crippen molar-refractivity contribution in [1.82, 2.24) is 15.5 Å². The summed E-state index contributed by atoms with van der Waals surface area (Å²) in [5, 5.41) is 5.90. The van der Waals surface area contributed by atoms with E-state index in [0.717, 1.165) is 36.4 Å². The SMILES string of the molecule is CCOc1ccc(CN2CCNC(=O)[C@@H]2CC(=O)NCc2ccc3c(c2)CCN3C)cc1. The molecule has 2 amide bonds.